The van der Waals surface area contributed by atoms with Crippen molar-refractivity contribution < 1.29 is 9.59 Å². The van der Waals surface area contributed by atoms with Crippen LogP contribution in [0.15, 0.2) is 46.0 Å². The third-order valence-electron chi connectivity index (χ3n) is 7.36. The zero-order valence-corrected chi connectivity index (χ0v) is 22.6. The molecule has 1 fully saturated rings. The number of aryl methyl sites for hydroxylation is 1. The van der Waals surface area contributed by atoms with Gasteiger partial charge in [0.05, 0.1) is 12.0 Å². The Hall–Kier alpha value is -3.46. The van der Waals surface area contributed by atoms with Crippen LogP contribution in [0.25, 0.3) is 11.8 Å². The number of aliphatic imine (C=N–C) groups is 1. The first-order chi connectivity index (χ1) is 17.8. The number of amidine groups is 2. The minimum absolute atomic E-state index is 0.0196. The van der Waals surface area contributed by atoms with Gasteiger partial charge in [-0.25, -0.2) is 0 Å². The Morgan fingerprint density at radius 2 is 1.89 bits per heavy atom. The molecule has 9 heteroatoms. The summed E-state index contributed by atoms with van der Waals surface area (Å²) in [6, 6.07) is 10.6. The molecule has 0 radical (unpaired) electrons. The average molecular weight is 517 g/mol. The number of carbonyl (C=O) groups excluding carboxylic acids is 2. The van der Waals surface area contributed by atoms with E-state index in [4.69, 9.17) is 5.41 Å². The third-order valence-corrected chi connectivity index (χ3v) is 8.27. The molecular weight excluding hydrogens is 484 g/mol. The Kier molecular flexibility index (Phi) is 6.90. The molecule has 1 atom stereocenters. The predicted molar refractivity (Wildman–Crippen MR) is 149 cm³/mol. The van der Waals surface area contributed by atoms with E-state index in [9.17, 15) is 9.59 Å². The lowest BCUT2D eigenvalue weighted by atomic mass is 9.98. The Morgan fingerprint density at radius 1 is 1.19 bits per heavy atom. The Morgan fingerprint density at radius 3 is 2.57 bits per heavy atom. The fraction of sp³-hybridized carbons (Fsp3) is 0.393. The number of nitrogens with zero attached hydrogens (tertiary/aromatic N) is 5. The fourth-order valence-electron chi connectivity index (χ4n) is 4.99. The minimum Gasteiger partial charge on any atom is -0.342 e. The van der Waals surface area contributed by atoms with Crippen LogP contribution in [0.3, 0.4) is 0 Å². The summed E-state index contributed by atoms with van der Waals surface area (Å²) < 4.78 is 2.16. The fourth-order valence-corrected chi connectivity index (χ4v) is 5.86. The molecule has 1 aromatic heterocycles. The molecule has 8 nitrogen and oxygen atoms in total. The van der Waals surface area contributed by atoms with E-state index in [1.807, 2.05) is 24.8 Å². The van der Waals surface area contributed by atoms with Gasteiger partial charge in [0.15, 0.2) is 5.84 Å². The van der Waals surface area contributed by atoms with Crippen molar-refractivity contribution >= 4 is 45.7 Å². The van der Waals surface area contributed by atoms with Crippen LogP contribution in [0.4, 0.5) is 0 Å². The molecule has 1 saturated heterocycles. The molecule has 0 saturated carbocycles. The van der Waals surface area contributed by atoms with Crippen LogP contribution < -0.4 is 0 Å². The number of carbonyl (C=O) groups is 2. The average Bonchev–Trinajstić information content (AvgIpc) is 3.61. The van der Waals surface area contributed by atoms with Gasteiger partial charge in [0.2, 0.25) is 11.1 Å². The van der Waals surface area contributed by atoms with E-state index in [0.717, 1.165) is 55.0 Å². The summed E-state index contributed by atoms with van der Waals surface area (Å²) in [5.41, 5.74) is 5.44. The van der Waals surface area contributed by atoms with Gasteiger partial charge < -0.3 is 9.47 Å². The summed E-state index contributed by atoms with van der Waals surface area (Å²) >= 11 is 1.19. The molecule has 192 valence electrons. The van der Waals surface area contributed by atoms with Crippen molar-refractivity contribution in [3.05, 3.63) is 58.4 Å². The van der Waals surface area contributed by atoms with Crippen LogP contribution in [-0.2, 0) is 9.59 Å². The second kappa shape index (κ2) is 10.1. The number of hydrogen-bond donors (Lipinski definition) is 1. The van der Waals surface area contributed by atoms with Gasteiger partial charge in [-0.05, 0) is 86.2 Å². The molecule has 1 N–H and O–H groups in total. The van der Waals surface area contributed by atoms with E-state index in [1.165, 1.54) is 22.3 Å². The number of rotatable bonds is 6. The number of benzene rings is 1. The molecule has 1 aromatic carbocycles. The monoisotopic (exact) mass is 516 g/mol. The maximum Gasteiger partial charge on any atom is 0.283 e. The zero-order chi connectivity index (χ0) is 26.3. The van der Waals surface area contributed by atoms with Gasteiger partial charge in [-0.15, -0.1) is 0 Å². The quantitative estimate of drug-likeness (QED) is 0.532. The molecule has 5 rings (SSSR count). The van der Waals surface area contributed by atoms with Crippen molar-refractivity contribution in [1.29, 1.82) is 5.41 Å². The molecule has 0 spiro atoms. The van der Waals surface area contributed by atoms with Crippen molar-refractivity contribution in [2.45, 2.75) is 59.3 Å². The highest BCUT2D eigenvalue weighted by atomic mass is 32.2. The Balaban J connectivity index is 1.39. The number of fused-ring (bicyclic) bond motifs is 1. The van der Waals surface area contributed by atoms with E-state index in [2.05, 4.69) is 52.8 Å². The maximum absolute atomic E-state index is 12.9. The first kappa shape index (κ1) is 25.2. The first-order valence-corrected chi connectivity index (χ1v) is 13.6. The van der Waals surface area contributed by atoms with Crippen LogP contribution in [-0.4, -0.2) is 55.4 Å². The second-order valence-corrected chi connectivity index (χ2v) is 10.9. The maximum atomic E-state index is 12.9. The van der Waals surface area contributed by atoms with Crippen molar-refractivity contribution in [2.24, 2.45) is 10.1 Å². The standard InChI is InChI=1S/C28H32N6O2S/c1-5-17(2)20-8-10-22(11-9-20)33-18(3)14-21(19(33)4)15-23-26(29)34-28(30-27(23)36)37-24(31-34)16-25(35)32-12-6-7-13-32/h8-11,14-15,17,29H,5-7,12-13,16H2,1-4H3/b23-15-,29-26?. The number of amides is 2. The van der Waals surface area contributed by atoms with Crippen molar-refractivity contribution in [3.8, 4) is 5.69 Å². The van der Waals surface area contributed by atoms with Gasteiger partial charge in [0.1, 0.15) is 5.04 Å². The Labute approximate surface area is 221 Å². The molecule has 0 bridgehead atoms. The van der Waals surface area contributed by atoms with Crippen molar-refractivity contribution in [3.63, 3.8) is 0 Å². The lowest BCUT2D eigenvalue weighted by Crippen LogP contribution is -2.35. The van der Waals surface area contributed by atoms with Gasteiger partial charge in [-0.2, -0.15) is 15.1 Å². The van der Waals surface area contributed by atoms with Crippen molar-refractivity contribution in [1.82, 2.24) is 14.5 Å². The first-order valence-electron chi connectivity index (χ1n) is 12.8. The molecular formula is C28H32N6O2S. The second-order valence-electron chi connectivity index (χ2n) is 9.84. The van der Waals surface area contributed by atoms with E-state index in [-0.39, 0.29) is 23.7 Å². The summed E-state index contributed by atoms with van der Waals surface area (Å²) in [5, 5.41) is 15.4. The minimum atomic E-state index is -0.464. The number of hydrazone groups is 1. The van der Waals surface area contributed by atoms with Crippen molar-refractivity contribution in [2.75, 3.05) is 13.1 Å². The van der Waals surface area contributed by atoms with Gasteiger partial charge >= 0.3 is 0 Å². The summed E-state index contributed by atoms with van der Waals surface area (Å²) in [5.74, 6) is 0.0605. The SMILES string of the molecule is CCC(C)c1ccc(-n2c(C)cc(/C=C3/C(=N)N4N=C(CC(=O)N5CCCC5)SC4=NC3=O)c2C)cc1. The molecule has 3 aliphatic rings. The zero-order valence-electron chi connectivity index (χ0n) is 21.7. The molecule has 0 aliphatic carbocycles. The van der Waals surface area contributed by atoms with E-state index >= 15 is 0 Å². The molecule has 37 heavy (non-hydrogen) atoms. The number of nitrogens with one attached hydrogen (secondary N) is 1. The smallest absolute Gasteiger partial charge is 0.283 e. The third kappa shape index (κ3) is 4.80. The van der Waals surface area contributed by atoms with Crippen LogP contribution in [0.2, 0.25) is 0 Å². The lowest BCUT2D eigenvalue weighted by molar-refractivity contribution is -0.128. The molecule has 2 amide bonds. The molecule has 3 aliphatic heterocycles. The highest BCUT2D eigenvalue weighted by molar-refractivity contribution is 8.27. The summed E-state index contributed by atoms with van der Waals surface area (Å²) in [6.07, 6.45) is 5.05. The van der Waals surface area contributed by atoms with Gasteiger partial charge in [0, 0.05) is 30.2 Å². The van der Waals surface area contributed by atoms with Crippen LogP contribution in [0, 0.1) is 19.3 Å². The summed E-state index contributed by atoms with van der Waals surface area (Å²) in [6.45, 7) is 10.0. The van der Waals surface area contributed by atoms with Crippen LogP contribution in [0.1, 0.15) is 68.0 Å². The predicted octanol–water partition coefficient (Wildman–Crippen LogP) is 5.24. The lowest BCUT2D eigenvalue weighted by Gasteiger charge is -2.20. The highest BCUT2D eigenvalue weighted by Crippen LogP contribution is 2.31. The van der Waals surface area contributed by atoms with Crippen LogP contribution in [0.5, 0.6) is 0 Å². The van der Waals surface area contributed by atoms with Crippen LogP contribution >= 0.6 is 11.8 Å². The van der Waals surface area contributed by atoms with Gasteiger partial charge in [-0.1, -0.05) is 26.0 Å². The van der Waals surface area contributed by atoms with E-state index in [0.29, 0.717) is 16.1 Å². The molecule has 4 heterocycles. The van der Waals surface area contributed by atoms with Gasteiger partial charge in [-0.3, -0.25) is 15.0 Å². The number of aromatic nitrogens is 1. The number of hydrogen-bond acceptors (Lipinski definition) is 5. The molecule has 2 aromatic rings. The molecule has 1 unspecified atom stereocenters. The Bertz CT molecular complexity index is 1360. The summed E-state index contributed by atoms with van der Waals surface area (Å²) in [7, 11) is 0. The largest absolute Gasteiger partial charge is 0.342 e. The highest BCUT2D eigenvalue weighted by Gasteiger charge is 2.36. The van der Waals surface area contributed by atoms with Gasteiger partial charge in [0.25, 0.3) is 5.91 Å². The number of likely N-dealkylation sites (tertiary alicyclic amines) is 1. The topological polar surface area (TPSA) is 94.1 Å². The summed E-state index contributed by atoms with van der Waals surface area (Å²) in [4.78, 5) is 31.5. The number of thioether (sulfide) groups is 1. The van der Waals surface area contributed by atoms with E-state index in [1.54, 1.807) is 6.08 Å². The normalized spacial score (nSPS) is 19.4. The van der Waals surface area contributed by atoms with E-state index < -0.39 is 5.91 Å².